The number of benzene rings is 2. The standard InChI is InChI=1S/C21H27N3O5S/c1-22-11-13-23(14-12-22)21(25)16-24(30(26,27)18-7-5-4-6-8-18)19-10-9-17(28-2)15-20(19)29-3/h4-10,15H,11-14,16H2,1-3H3. The van der Waals surface area contributed by atoms with E-state index in [2.05, 4.69) is 4.90 Å². The molecule has 1 fully saturated rings. The third kappa shape index (κ3) is 4.68. The highest BCUT2D eigenvalue weighted by Gasteiger charge is 2.31. The molecule has 162 valence electrons. The van der Waals surface area contributed by atoms with Gasteiger partial charge in [-0.15, -0.1) is 0 Å². The zero-order valence-corrected chi connectivity index (χ0v) is 18.3. The zero-order valence-electron chi connectivity index (χ0n) is 17.4. The van der Waals surface area contributed by atoms with Crippen LogP contribution >= 0.6 is 0 Å². The molecule has 0 N–H and O–H groups in total. The summed E-state index contributed by atoms with van der Waals surface area (Å²) in [6.07, 6.45) is 0. The minimum Gasteiger partial charge on any atom is -0.497 e. The maximum atomic E-state index is 13.5. The average molecular weight is 434 g/mol. The highest BCUT2D eigenvalue weighted by Crippen LogP contribution is 2.35. The van der Waals surface area contributed by atoms with Gasteiger partial charge < -0.3 is 19.3 Å². The van der Waals surface area contributed by atoms with Crippen LogP contribution in [-0.4, -0.2) is 78.1 Å². The molecule has 0 aromatic heterocycles. The first kappa shape index (κ1) is 21.9. The van der Waals surface area contributed by atoms with Crippen LogP contribution in [0.25, 0.3) is 0 Å². The molecule has 3 rings (SSSR count). The molecule has 0 unspecified atom stereocenters. The van der Waals surface area contributed by atoms with Gasteiger partial charge in [-0.05, 0) is 31.3 Å². The van der Waals surface area contributed by atoms with E-state index >= 15 is 0 Å². The number of hydrogen-bond donors (Lipinski definition) is 0. The van der Waals surface area contributed by atoms with Crippen LogP contribution in [0.2, 0.25) is 0 Å². The molecule has 2 aromatic carbocycles. The lowest BCUT2D eigenvalue weighted by Gasteiger charge is -2.34. The molecule has 30 heavy (non-hydrogen) atoms. The molecule has 0 saturated carbocycles. The van der Waals surface area contributed by atoms with Crippen LogP contribution in [-0.2, 0) is 14.8 Å². The molecule has 9 heteroatoms. The Hall–Kier alpha value is -2.78. The minimum atomic E-state index is -4.00. The molecule has 1 saturated heterocycles. The van der Waals surface area contributed by atoms with Crippen molar-refractivity contribution in [1.82, 2.24) is 9.80 Å². The summed E-state index contributed by atoms with van der Waals surface area (Å²) in [4.78, 5) is 17.0. The predicted molar refractivity (Wildman–Crippen MR) is 115 cm³/mol. The number of rotatable bonds is 7. The Morgan fingerprint density at radius 3 is 2.27 bits per heavy atom. The van der Waals surface area contributed by atoms with E-state index in [1.807, 2.05) is 7.05 Å². The van der Waals surface area contributed by atoms with Gasteiger partial charge in [-0.25, -0.2) is 8.42 Å². The van der Waals surface area contributed by atoms with Gasteiger partial charge in [0.2, 0.25) is 5.91 Å². The predicted octanol–water partition coefficient (Wildman–Crippen LogP) is 1.67. The summed E-state index contributed by atoms with van der Waals surface area (Å²) in [6.45, 7) is 2.32. The van der Waals surface area contributed by atoms with Gasteiger partial charge in [0.1, 0.15) is 18.0 Å². The third-order valence-corrected chi connectivity index (χ3v) is 6.90. The second-order valence-electron chi connectivity index (χ2n) is 7.05. The monoisotopic (exact) mass is 433 g/mol. The molecule has 0 spiro atoms. The van der Waals surface area contributed by atoms with Crippen LogP contribution in [0.5, 0.6) is 11.5 Å². The van der Waals surface area contributed by atoms with Crippen LogP contribution in [0.15, 0.2) is 53.4 Å². The van der Waals surface area contributed by atoms with Crippen molar-refractivity contribution in [2.75, 3.05) is 58.3 Å². The second-order valence-corrected chi connectivity index (χ2v) is 8.91. The third-order valence-electron chi connectivity index (χ3n) is 5.12. The maximum Gasteiger partial charge on any atom is 0.264 e. The summed E-state index contributed by atoms with van der Waals surface area (Å²) in [5, 5.41) is 0. The summed E-state index contributed by atoms with van der Waals surface area (Å²) in [5.41, 5.74) is 0.282. The van der Waals surface area contributed by atoms with Gasteiger partial charge in [0.15, 0.2) is 0 Å². The summed E-state index contributed by atoms with van der Waals surface area (Å²) in [6, 6.07) is 12.9. The number of carbonyl (C=O) groups is 1. The average Bonchev–Trinajstić information content (AvgIpc) is 2.78. The van der Waals surface area contributed by atoms with Crippen molar-refractivity contribution in [2.45, 2.75) is 4.90 Å². The van der Waals surface area contributed by atoms with E-state index in [0.717, 1.165) is 17.4 Å². The van der Waals surface area contributed by atoms with Crippen LogP contribution < -0.4 is 13.8 Å². The number of amides is 1. The first-order valence-electron chi connectivity index (χ1n) is 9.63. The fourth-order valence-electron chi connectivity index (χ4n) is 3.29. The van der Waals surface area contributed by atoms with Crippen molar-refractivity contribution in [1.29, 1.82) is 0 Å². The Bertz CT molecular complexity index is 973. The van der Waals surface area contributed by atoms with Crippen molar-refractivity contribution in [3.05, 3.63) is 48.5 Å². The number of ether oxygens (including phenoxy) is 2. The topological polar surface area (TPSA) is 79.4 Å². The van der Waals surface area contributed by atoms with E-state index < -0.39 is 10.0 Å². The molecular formula is C21H27N3O5S. The fraction of sp³-hybridized carbons (Fsp3) is 0.381. The van der Waals surface area contributed by atoms with Crippen molar-refractivity contribution < 1.29 is 22.7 Å². The number of likely N-dealkylation sites (N-methyl/N-ethyl adjacent to an activating group) is 1. The van der Waals surface area contributed by atoms with Gasteiger partial charge in [-0.3, -0.25) is 9.10 Å². The molecule has 0 atom stereocenters. The van der Waals surface area contributed by atoms with Crippen molar-refractivity contribution >= 4 is 21.6 Å². The van der Waals surface area contributed by atoms with Gasteiger partial charge in [-0.1, -0.05) is 18.2 Å². The lowest BCUT2D eigenvalue weighted by atomic mass is 10.2. The lowest BCUT2D eigenvalue weighted by Crippen LogP contribution is -2.50. The highest BCUT2D eigenvalue weighted by atomic mass is 32.2. The van der Waals surface area contributed by atoms with Gasteiger partial charge in [0, 0.05) is 32.2 Å². The number of nitrogens with zero attached hydrogens (tertiary/aromatic N) is 3. The minimum absolute atomic E-state index is 0.106. The summed E-state index contributed by atoms with van der Waals surface area (Å²) in [5.74, 6) is 0.582. The molecule has 1 amide bonds. The van der Waals surface area contributed by atoms with Gasteiger partial charge >= 0.3 is 0 Å². The van der Waals surface area contributed by atoms with Crippen LogP contribution in [0.4, 0.5) is 5.69 Å². The van der Waals surface area contributed by atoms with Crippen LogP contribution in [0.1, 0.15) is 0 Å². The molecule has 0 aliphatic carbocycles. The van der Waals surface area contributed by atoms with Gasteiger partial charge in [0.05, 0.1) is 24.8 Å². The van der Waals surface area contributed by atoms with E-state index in [9.17, 15) is 13.2 Å². The maximum absolute atomic E-state index is 13.5. The van der Waals surface area contributed by atoms with Crippen molar-refractivity contribution in [3.63, 3.8) is 0 Å². The summed E-state index contributed by atoms with van der Waals surface area (Å²) >= 11 is 0. The summed E-state index contributed by atoms with van der Waals surface area (Å²) in [7, 11) is 0.970. The van der Waals surface area contributed by atoms with E-state index in [1.165, 1.54) is 26.4 Å². The number of hydrogen-bond acceptors (Lipinski definition) is 6. The molecule has 1 aliphatic rings. The number of carbonyl (C=O) groups excluding carboxylic acids is 1. The quantitative estimate of drug-likeness (QED) is 0.661. The number of piperazine rings is 1. The molecule has 1 aliphatic heterocycles. The highest BCUT2D eigenvalue weighted by molar-refractivity contribution is 7.92. The fourth-order valence-corrected chi connectivity index (χ4v) is 4.73. The van der Waals surface area contributed by atoms with Gasteiger partial charge in [0.25, 0.3) is 10.0 Å². The van der Waals surface area contributed by atoms with E-state index in [1.54, 1.807) is 41.3 Å². The molecule has 0 radical (unpaired) electrons. The largest absolute Gasteiger partial charge is 0.497 e. The normalized spacial score (nSPS) is 15.0. The van der Waals surface area contributed by atoms with Crippen molar-refractivity contribution in [2.24, 2.45) is 0 Å². The Morgan fingerprint density at radius 2 is 1.67 bits per heavy atom. The zero-order chi connectivity index (χ0) is 21.7. The Labute approximate surface area is 177 Å². The number of methoxy groups -OCH3 is 2. The van der Waals surface area contributed by atoms with Crippen LogP contribution in [0, 0.1) is 0 Å². The lowest BCUT2D eigenvalue weighted by molar-refractivity contribution is -0.131. The Kier molecular flexibility index (Phi) is 6.84. The van der Waals surface area contributed by atoms with Crippen LogP contribution in [0.3, 0.4) is 0 Å². The molecule has 1 heterocycles. The molecule has 2 aromatic rings. The van der Waals surface area contributed by atoms with Crippen molar-refractivity contribution in [3.8, 4) is 11.5 Å². The number of sulfonamides is 1. The van der Waals surface area contributed by atoms with E-state index in [-0.39, 0.29) is 23.0 Å². The smallest absolute Gasteiger partial charge is 0.264 e. The summed E-state index contributed by atoms with van der Waals surface area (Å²) < 4.78 is 38.7. The first-order chi connectivity index (χ1) is 14.4. The Morgan fingerprint density at radius 1 is 1.00 bits per heavy atom. The van der Waals surface area contributed by atoms with Gasteiger partial charge in [-0.2, -0.15) is 0 Å². The number of anilines is 1. The molecule has 8 nitrogen and oxygen atoms in total. The van der Waals surface area contributed by atoms with E-state index in [0.29, 0.717) is 24.6 Å². The first-order valence-corrected chi connectivity index (χ1v) is 11.1. The molecular weight excluding hydrogens is 406 g/mol. The Balaban J connectivity index is 2.00. The molecule has 0 bridgehead atoms. The SMILES string of the molecule is COc1ccc(N(CC(=O)N2CCN(C)CC2)S(=O)(=O)c2ccccc2)c(OC)c1. The second kappa shape index (κ2) is 9.36. The van der Waals surface area contributed by atoms with E-state index in [4.69, 9.17) is 9.47 Å².